The second-order valence-corrected chi connectivity index (χ2v) is 6.50. The van der Waals surface area contributed by atoms with Crippen LogP contribution in [0.3, 0.4) is 0 Å². The first-order chi connectivity index (χ1) is 11.6. The number of carbonyl (C=O) groups is 2. The van der Waals surface area contributed by atoms with E-state index in [1.54, 1.807) is 41.1 Å². The lowest BCUT2D eigenvalue weighted by Gasteiger charge is -2.16. The van der Waals surface area contributed by atoms with Gasteiger partial charge in [0.1, 0.15) is 0 Å². The number of amides is 2. The molecule has 2 amide bonds. The van der Waals surface area contributed by atoms with E-state index in [2.05, 4.69) is 15.6 Å². The zero-order valence-corrected chi connectivity index (χ0v) is 13.4. The Morgan fingerprint density at radius 1 is 1.29 bits per heavy atom. The zero-order valence-electron chi connectivity index (χ0n) is 12.6. The number of nitrogens with zero attached hydrogens (tertiary/aromatic N) is 1. The highest BCUT2D eigenvalue weighted by Gasteiger charge is 2.31. The van der Waals surface area contributed by atoms with Crippen molar-refractivity contribution in [3.63, 3.8) is 0 Å². The first-order valence-electron chi connectivity index (χ1n) is 7.43. The lowest BCUT2D eigenvalue weighted by Crippen LogP contribution is -2.16. The number of thiazole rings is 1. The number of nitrogens with two attached hydrogens (primary N) is 1. The number of hydrogen-bond acceptors (Lipinski definition) is 5. The molecule has 2 aromatic rings. The van der Waals surface area contributed by atoms with Crippen molar-refractivity contribution in [2.24, 2.45) is 5.73 Å². The molecule has 0 radical (unpaired) electrons. The molecule has 0 saturated heterocycles. The Morgan fingerprint density at radius 3 is 2.83 bits per heavy atom. The summed E-state index contributed by atoms with van der Waals surface area (Å²) < 4.78 is 0. The van der Waals surface area contributed by atoms with Gasteiger partial charge in [0.25, 0.3) is 0 Å². The van der Waals surface area contributed by atoms with Crippen molar-refractivity contribution in [2.75, 3.05) is 5.32 Å². The standard InChI is InChI=1S/C17H14N4O2S/c18-17(23)9-1-3-11(4-2-9)19-7-10-5-13-12(6-14(22)21-13)16-15(10)20-8-24-16/h1-4,7-8,19H,5-6H2,(H2,18,23)(H,21,22). The largest absolute Gasteiger partial charge is 0.366 e. The third-order valence-corrected chi connectivity index (χ3v) is 4.97. The van der Waals surface area contributed by atoms with Gasteiger partial charge in [0, 0.05) is 40.7 Å². The number of rotatable bonds is 3. The summed E-state index contributed by atoms with van der Waals surface area (Å²) in [6.45, 7) is 0. The number of carbonyl (C=O) groups excluding carboxylic acids is 2. The quantitative estimate of drug-likeness (QED) is 0.800. The Labute approximate surface area is 142 Å². The molecule has 2 aliphatic rings. The molecule has 1 aliphatic carbocycles. The fourth-order valence-electron chi connectivity index (χ4n) is 2.91. The topological polar surface area (TPSA) is 97.1 Å². The molecule has 0 bridgehead atoms. The van der Waals surface area contributed by atoms with Gasteiger partial charge in [-0.05, 0) is 24.3 Å². The minimum Gasteiger partial charge on any atom is -0.366 e. The van der Waals surface area contributed by atoms with Crippen LogP contribution in [-0.4, -0.2) is 16.8 Å². The number of benzene rings is 1. The van der Waals surface area contributed by atoms with Gasteiger partial charge in [0.2, 0.25) is 11.8 Å². The van der Waals surface area contributed by atoms with Crippen LogP contribution < -0.4 is 16.4 Å². The number of primary amides is 1. The Morgan fingerprint density at radius 2 is 2.08 bits per heavy atom. The van der Waals surface area contributed by atoms with Crippen LogP contribution in [0.25, 0.3) is 11.1 Å². The first kappa shape index (κ1) is 14.6. The van der Waals surface area contributed by atoms with Crippen LogP contribution in [0.15, 0.2) is 41.7 Å². The molecule has 1 aromatic heterocycles. The molecule has 120 valence electrons. The molecule has 1 aromatic carbocycles. The minimum absolute atomic E-state index is 0.0376. The maximum Gasteiger partial charge on any atom is 0.248 e. The molecule has 0 unspecified atom stereocenters. The van der Waals surface area contributed by atoms with Gasteiger partial charge in [-0.15, -0.1) is 11.3 Å². The molecular formula is C17H14N4O2S. The predicted molar refractivity (Wildman–Crippen MR) is 93.0 cm³/mol. The maximum absolute atomic E-state index is 11.7. The summed E-state index contributed by atoms with van der Waals surface area (Å²) in [4.78, 5) is 28.3. The summed E-state index contributed by atoms with van der Waals surface area (Å²) in [6.07, 6.45) is 2.97. The smallest absolute Gasteiger partial charge is 0.248 e. The van der Waals surface area contributed by atoms with Crippen molar-refractivity contribution >= 4 is 40.0 Å². The molecule has 6 nitrogen and oxygen atoms in total. The number of allylic oxidation sites excluding steroid dienone is 1. The summed E-state index contributed by atoms with van der Waals surface area (Å²) in [5.41, 5.74) is 12.3. The van der Waals surface area contributed by atoms with E-state index in [1.807, 2.05) is 6.20 Å². The average Bonchev–Trinajstić information content (AvgIpc) is 3.18. The summed E-state index contributed by atoms with van der Waals surface area (Å²) >= 11 is 1.55. The zero-order chi connectivity index (χ0) is 16.7. The molecule has 0 saturated carbocycles. The molecular weight excluding hydrogens is 324 g/mol. The molecule has 0 spiro atoms. The molecule has 1 aliphatic heterocycles. The summed E-state index contributed by atoms with van der Waals surface area (Å²) in [7, 11) is 0. The average molecular weight is 338 g/mol. The predicted octanol–water partition coefficient (Wildman–Crippen LogP) is 2.33. The number of nitrogens with one attached hydrogen (secondary N) is 2. The van der Waals surface area contributed by atoms with E-state index in [0.29, 0.717) is 18.4 Å². The SMILES string of the molecule is NC(=O)c1ccc(NC=C2CC3=C(CC(=O)N3)c3scnc32)cc1. The van der Waals surface area contributed by atoms with Crippen LogP contribution in [0.4, 0.5) is 5.69 Å². The number of anilines is 1. The van der Waals surface area contributed by atoms with Crippen molar-refractivity contribution in [1.82, 2.24) is 10.3 Å². The molecule has 24 heavy (non-hydrogen) atoms. The van der Waals surface area contributed by atoms with Crippen LogP contribution in [0.2, 0.25) is 0 Å². The lowest BCUT2D eigenvalue weighted by atomic mass is 9.95. The fourth-order valence-corrected chi connectivity index (χ4v) is 3.80. The summed E-state index contributed by atoms with van der Waals surface area (Å²) in [6, 6.07) is 6.94. The third kappa shape index (κ3) is 2.48. The van der Waals surface area contributed by atoms with Gasteiger partial charge in [-0.2, -0.15) is 0 Å². The van der Waals surface area contributed by atoms with Crippen molar-refractivity contribution in [3.05, 3.63) is 57.8 Å². The van der Waals surface area contributed by atoms with E-state index < -0.39 is 5.91 Å². The van der Waals surface area contributed by atoms with E-state index in [-0.39, 0.29) is 5.91 Å². The molecule has 7 heteroatoms. The second-order valence-electron chi connectivity index (χ2n) is 5.64. The Bertz CT molecular complexity index is 909. The highest BCUT2D eigenvalue weighted by molar-refractivity contribution is 7.11. The van der Waals surface area contributed by atoms with Crippen LogP contribution in [-0.2, 0) is 4.79 Å². The van der Waals surface area contributed by atoms with Gasteiger partial charge >= 0.3 is 0 Å². The fraction of sp³-hybridized carbons (Fsp3) is 0.118. The minimum atomic E-state index is -0.448. The normalized spacial score (nSPS) is 17.5. The van der Waals surface area contributed by atoms with Gasteiger partial charge in [0.05, 0.1) is 22.5 Å². The van der Waals surface area contributed by atoms with E-state index >= 15 is 0 Å². The maximum atomic E-state index is 11.7. The van der Waals surface area contributed by atoms with Crippen LogP contribution >= 0.6 is 11.3 Å². The summed E-state index contributed by atoms with van der Waals surface area (Å²) in [5, 5.41) is 6.15. The van der Waals surface area contributed by atoms with Gasteiger partial charge in [-0.3, -0.25) is 9.59 Å². The van der Waals surface area contributed by atoms with E-state index in [9.17, 15) is 9.59 Å². The number of aromatic nitrogens is 1. The first-order valence-corrected chi connectivity index (χ1v) is 8.31. The van der Waals surface area contributed by atoms with Crippen molar-refractivity contribution in [1.29, 1.82) is 0 Å². The Balaban J connectivity index is 1.60. The molecule has 4 N–H and O–H groups in total. The number of hydrogen-bond donors (Lipinski definition) is 3. The monoisotopic (exact) mass is 338 g/mol. The van der Waals surface area contributed by atoms with E-state index in [4.69, 9.17) is 5.73 Å². The van der Waals surface area contributed by atoms with Crippen LogP contribution in [0, 0.1) is 0 Å². The van der Waals surface area contributed by atoms with Gasteiger partial charge in [-0.25, -0.2) is 4.98 Å². The Hall–Kier alpha value is -2.93. The lowest BCUT2D eigenvalue weighted by molar-refractivity contribution is -0.118. The molecule has 2 heterocycles. The number of fused-ring (bicyclic) bond motifs is 2. The van der Waals surface area contributed by atoms with Crippen LogP contribution in [0.5, 0.6) is 0 Å². The molecule has 0 fully saturated rings. The Kier molecular flexibility index (Phi) is 3.42. The van der Waals surface area contributed by atoms with E-state index in [1.165, 1.54) is 0 Å². The van der Waals surface area contributed by atoms with E-state index in [0.717, 1.165) is 33.1 Å². The highest BCUT2D eigenvalue weighted by Crippen LogP contribution is 2.42. The molecule has 0 atom stereocenters. The third-order valence-electron chi connectivity index (χ3n) is 4.09. The summed E-state index contributed by atoms with van der Waals surface area (Å²) in [5.74, 6) is -0.411. The van der Waals surface area contributed by atoms with Crippen molar-refractivity contribution < 1.29 is 9.59 Å². The second kappa shape index (κ2) is 5.61. The van der Waals surface area contributed by atoms with Gasteiger partial charge in [0.15, 0.2) is 0 Å². The van der Waals surface area contributed by atoms with Crippen LogP contribution in [0.1, 0.15) is 33.8 Å². The van der Waals surface area contributed by atoms with Crippen molar-refractivity contribution in [3.8, 4) is 0 Å². The highest BCUT2D eigenvalue weighted by atomic mass is 32.1. The molecule has 4 rings (SSSR count). The van der Waals surface area contributed by atoms with Crippen molar-refractivity contribution in [2.45, 2.75) is 12.8 Å². The van der Waals surface area contributed by atoms with Gasteiger partial charge < -0.3 is 16.4 Å². The van der Waals surface area contributed by atoms with Gasteiger partial charge in [-0.1, -0.05) is 0 Å².